The minimum absolute atomic E-state index is 0.0902. The molecule has 0 spiro atoms. The molecule has 1 atom stereocenters. The van der Waals surface area contributed by atoms with Gasteiger partial charge in [-0.1, -0.05) is 42.1 Å². The molecule has 1 amide bonds. The molecule has 0 aliphatic rings. The van der Waals surface area contributed by atoms with E-state index in [9.17, 15) is 4.79 Å². The Morgan fingerprint density at radius 3 is 2.79 bits per heavy atom. The second-order valence-corrected chi connectivity index (χ2v) is 7.83. The molecule has 1 aromatic heterocycles. The molecule has 7 heteroatoms. The third-order valence-corrected chi connectivity index (χ3v) is 5.39. The average Bonchev–Trinajstić information content (AvgIpc) is 3.10. The highest BCUT2D eigenvalue weighted by Crippen LogP contribution is 2.32. The maximum absolute atomic E-state index is 12.6. The number of hydrogen-bond acceptors (Lipinski definition) is 5. The van der Waals surface area contributed by atoms with Gasteiger partial charge >= 0.3 is 0 Å². The van der Waals surface area contributed by atoms with Crippen LogP contribution in [0.5, 0.6) is 5.75 Å². The number of para-hydroxylation sites is 1. The van der Waals surface area contributed by atoms with Crippen LogP contribution in [-0.4, -0.2) is 33.0 Å². The lowest BCUT2D eigenvalue weighted by atomic mass is 10.2. The van der Waals surface area contributed by atoms with Crippen LogP contribution in [0.25, 0.3) is 11.4 Å². The number of anilines is 1. The van der Waals surface area contributed by atoms with Gasteiger partial charge in [-0.3, -0.25) is 9.36 Å². The molecular weight excluding hydrogens is 384 g/mol. The van der Waals surface area contributed by atoms with Crippen molar-refractivity contribution in [3.8, 4) is 17.1 Å². The normalized spacial score (nSPS) is 11.7. The van der Waals surface area contributed by atoms with Crippen molar-refractivity contribution in [3.63, 3.8) is 0 Å². The van der Waals surface area contributed by atoms with Gasteiger partial charge in [0.2, 0.25) is 5.91 Å². The second-order valence-electron chi connectivity index (χ2n) is 6.52. The van der Waals surface area contributed by atoms with Crippen LogP contribution in [-0.2, 0) is 11.3 Å². The van der Waals surface area contributed by atoms with E-state index in [4.69, 9.17) is 4.74 Å². The van der Waals surface area contributed by atoms with Gasteiger partial charge in [0.15, 0.2) is 11.0 Å². The van der Waals surface area contributed by atoms with Crippen molar-refractivity contribution in [1.29, 1.82) is 0 Å². The average molecular weight is 409 g/mol. The fraction of sp³-hybridized carbons (Fsp3) is 0.227. The standard InChI is InChI=1S/C22H24N4O2S/c1-5-13-26-20(18-11-6-7-12-19(18)28-4)24-25-22(26)29-16(3)21(27)23-17-10-8-9-15(2)14-17/h5-12,14,16H,1,13H2,2-4H3,(H,23,27)/t16-/m1/s1. The molecule has 0 radical (unpaired) electrons. The van der Waals surface area contributed by atoms with Gasteiger partial charge in [0, 0.05) is 12.2 Å². The molecule has 0 saturated heterocycles. The lowest BCUT2D eigenvalue weighted by molar-refractivity contribution is -0.115. The van der Waals surface area contributed by atoms with Crippen LogP contribution in [0.15, 0.2) is 66.3 Å². The molecule has 29 heavy (non-hydrogen) atoms. The van der Waals surface area contributed by atoms with Crippen molar-refractivity contribution in [2.24, 2.45) is 0 Å². The van der Waals surface area contributed by atoms with Gasteiger partial charge in [0.1, 0.15) is 5.75 Å². The van der Waals surface area contributed by atoms with Gasteiger partial charge < -0.3 is 10.1 Å². The number of nitrogens with zero attached hydrogens (tertiary/aromatic N) is 3. The number of aryl methyl sites for hydroxylation is 1. The zero-order valence-corrected chi connectivity index (χ0v) is 17.6. The van der Waals surface area contributed by atoms with E-state index in [0.717, 1.165) is 16.8 Å². The number of carbonyl (C=O) groups excluding carboxylic acids is 1. The largest absolute Gasteiger partial charge is 0.496 e. The topological polar surface area (TPSA) is 69.0 Å². The first kappa shape index (κ1) is 20.7. The molecule has 0 aliphatic heterocycles. The van der Waals surface area contributed by atoms with Gasteiger partial charge in [-0.25, -0.2) is 0 Å². The van der Waals surface area contributed by atoms with Crippen LogP contribution >= 0.6 is 11.8 Å². The molecule has 0 aliphatic carbocycles. The SMILES string of the molecule is C=CCn1c(S[C@H](C)C(=O)Nc2cccc(C)c2)nnc1-c1ccccc1OC. The van der Waals surface area contributed by atoms with Crippen molar-refractivity contribution >= 4 is 23.4 Å². The van der Waals surface area contributed by atoms with Crippen molar-refractivity contribution in [1.82, 2.24) is 14.8 Å². The predicted octanol–water partition coefficient (Wildman–Crippen LogP) is 4.57. The number of hydrogen-bond donors (Lipinski definition) is 1. The number of thioether (sulfide) groups is 1. The number of benzene rings is 2. The summed E-state index contributed by atoms with van der Waals surface area (Å²) >= 11 is 1.36. The van der Waals surface area contributed by atoms with E-state index in [1.54, 1.807) is 13.2 Å². The van der Waals surface area contributed by atoms with E-state index < -0.39 is 0 Å². The highest BCUT2D eigenvalue weighted by atomic mass is 32.2. The fourth-order valence-corrected chi connectivity index (χ4v) is 3.73. The number of carbonyl (C=O) groups is 1. The number of aromatic nitrogens is 3. The monoisotopic (exact) mass is 408 g/mol. The van der Waals surface area contributed by atoms with Crippen LogP contribution < -0.4 is 10.1 Å². The van der Waals surface area contributed by atoms with Crippen LogP contribution in [0.3, 0.4) is 0 Å². The number of allylic oxidation sites excluding steroid dienone is 1. The van der Waals surface area contributed by atoms with E-state index in [1.807, 2.05) is 66.9 Å². The summed E-state index contributed by atoms with van der Waals surface area (Å²) in [7, 11) is 1.63. The Morgan fingerprint density at radius 2 is 2.07 bits per heavy atom. The molecule has 0 saturated carbocycles. The Balaban J connectivity index is 1.82. The summed E-state index contributed by atoms with van der Waals surface area (Å²) < 4.78 is 7.40. The molecule has 6 nitrogen and oxygen atoms in total. The molecule has 150 valence electrons. The third kappa shape index (κ3) is 4.86. The zero-order valence-electron chi connectivity index (χ0n) is 16.8. The van der Waals surface area contributed by atoms with E-state index in [-0.39, 0.29) is 11.2 Å². The Hall–Kier alpha value is -3.06. The Morgan fingerprint density at radius 1 is 1.28 bits per heavy atom. The fourth-order valence-electron chi connectivity index (χ4n) is 2.88. The highest BCUT2D eigenvalue weighted by Gasteiger charge is 2.21. The summed E-state index contributed by atoms with van der Waals surface area (Å²) in [6, 6.07) is 15.4. The maximum Gasteiger partial charge on any atom is 0.237 e. The first-order valence-corrected chi connectivity index (χ1v) is 10.1. The first-order chi connectivity index (χ1) is 14.0. The summed E-state index contributed by atoms with van der Waals surface area (Å²) in [5.41, 5.74) is 2.72. The number of ether oxygens (including phenoxy) is 1. The third-order valence-electron chi connectivity index (χ3n) is 4.31. The van der Waals surface area contributed by atoms with Crippen molar-refractivity contribution < 1.29 is 9.53 Å². The van der Waals surface area contributed by atoms with Crippen LogP contribution in [0, 0.1) is 6.92 Å². The molecular formula is C22H24N4O2S. The van der Waals surface area contributed by atoms with E-state index in [2.05, 4.69) is 22.1 Å². The number of amides is 1. The minimum Gasteiger partial charge on any atom is -0.496 e. The molecule has 1 heterocycles. The van der Waals surface area contributed by atoms with Crippen LogP contribution in [0.1, 0.15) is 12.5 Å². The lowest BCUT2D eigenvalue weighted by Gasteiger charge is -2.14. The summed E-state index contributed by atoms with van der Waals surface area (Å²) in [5.74, 6) is 1.30. The molecule has 2 aromatic carbocycles. The summed E-state index contributed by atoms with van der Waals surface area (Å²) in [6.07, 6.45) is 1.78. The van der Waals surface area contributed by atoms with Gasteiger partial charge in [-0.15, -0.1) is 16.8 Å². The van der Waals surface area contributed by atoms with Gasteiger partial charge in [0.05, 0.1) is 17.9 Å². The van der Waals surface area contributed by atoms with E-state index in [0.29, 0.717) is 23.3 Å². The molecule has 1 N–H and O–H groups in total. The Bertz CT molecular complexity index is 1020. The summed E-state index contributed by atoms with van der Waals surface area (Å²) in [6.45, 7) is 8.20. The van der Waals surface area contributed by atoms with Crippen molar-refractivity contribution in [3.05, 3.63) is 66.7 Å². The minimum atomic E-state index is -0.353. The summed E-state index contributed by atoms with van der Waals surface area (Å²) in [5, 5.41) is 11.9. The van der Waals surface area contributed by atoms with Gasteiger partial charge in [-0.2, -0.15) is 0 Å². The number of rotatable bonds is 8. The zero-order chi connectivity index (χ0) is 20.8. The quantitative estimate of drug-likeness (QED) is 0.437. The molecule has 3 rings (SSSR count). The van der Waals surface area contributed by atoms with Crippen LogP contribution in [0.4, 0.5) is 5.69 Å². The van der Waals surface area contributed by atoms with Crippen molar-refractivity contribution in [2.75, 3.05) is 12.4 Å². The second kappa shape index (κ2) is 9.43. The predicted molar refractivity (Wildman–Crippen MR) is 117 cm³/mol. The number of methoxy groups -OCH3 is 1. The molecule has 0 bridgehead atoms. The van der Waals surface area contributed by atoms with Gasteiger partial charge in [-0.05, 0) is 43.7 Å². The molecule has 3 aromatic rings. The Labute approximate surface area is 175 Å². The smallest absolute Gasteiger partial charge is 0.237 e. The molecule has 0 fully saturated rings. The first-order valence-electron chi connectivity index (χ1n) is 9.25. The van der Waals surface area contributed by atoms with E-state index in [1.165, 1.54) is 11.8 Å². The lowest BCUT2D eigenvalue weighted by Crippen LogP contribution is -2.23. The highest BCUT2D eigenvalue weighted by molar-refractivity contribution is 8.00. The van der Waals surface area contributed by atoms with E-state index >= 15 is 0 Å². The molecule has 0 unspecified atom stereocenters. The number of nitrogens with one attached hydrogen (secondary N) is 1. The van der Waals surface area contributed by atoms with Crippen LogP contribution in [0.2, 0.25) is 0 Å². The van der Waals surface area contributed by atoms with Crippen molar-refractivity contribution in [2.45, 2.75) is 30.8 Å². The summed E-state index contributed by atoms with van der Waals surface area (Å²) in [4.78, 5) is 12.6. The maximum atomic E-state index is 12.6. The Kier molecular flexibility index (Phi) is 6.72. The van der Waals surface area contributed by atoms with Gasteiger partial charge in [0.25, 0.3) is 0 Å².